The first kappa shape index (κ1) is 14.9. The predicted molar refractivity (Wildman–Crippen MR) is 77.0 cm³/mol. The molecule has 1 fully saturated rings. The van der Waals surface area contributed by atoms with Crippen LogP contribution < -0.4 is 14.2 Å². The molecule has 20 heavy (non-hydrogen) atoms. The van der Waals surface area contributed by atoms with Crippen molar-refractivity contribution in [2.24, 2.45) is 0 Å². The number of aliphatic hydroxyl groups is 1. The van der Waals surface area contributed by atoms with Crippen LogP contribution in [0.3, 0.4) is 0 Å². The average Bonchev–Trinajstić information content (AvgIpc) is 2.85. The molecule has 1 aliphatic rings. The number of likely N-dealkylation sites (N-methyl/N-ethyl adjacent to an activating group) is 1. The number of aliphatic hydroxyl groups excluding tert-OH is 1. The number of nitrogens with zero attached hydrogens (tertiary/aromatic N) is 1. The van der Waals surface area contributed by atoms with E-state index in [2.05, 4.69) is 4.90 Å². The molecule has 1 N–H and O–H groups in total. The van der Waals surface area contributed by atoms with E-state index in [4.69, 9.17) is 14.2 Å². The van der Waals surface area contributed by atoms with Gasteiger partial charge in [-0.2, -0.15) is 0 Å². The quantitative estimate of drug-likeness (QED) is 0.886. The number of benzene rings is 1. The van der Waals surface area contributed by atoms with Crippen LogP contribution in [0.15, 0.2) is 12.1 Å². The Balaban J connectivity index is 2.49. The Morgan fingerprint density at radius 2 is 1.75 bits per heavy atom. The molecule has 2 atom stereocenters. The molecule has 0 aliphatic carbocycles. The fourth-order valence-corrected chi connectivity index (χ4v) is 3.01. The Hall–Kier alpha value is -1.46. The van der Waals surface area contributed by atoms with E-state index in [0.717, 1.165) is 30.0 Å². The third kappa shape index (κ3) is 2.55. The second kappa shape index (κ2) is 6.33. The minimum absolute atomic E-state index is 0.0891. The van der Waals surface area contributed by atoms with E-state index < -0.39 is 0 Å². The smallest absolute Gasteiger partial charge is 0.129 e. The van der Waals surface area contributed by atoms with E-state index in [-0.39, 0.29) is 18.6 Å². The van der Waals surface area contributed by atoms with Crippen molar-refractivity contribution in [2.45, 2.75) is 18.4 Å². The molecule has 0 bridgehead atoms. The first-order valence-electron chi connectivity index (χ1n) is 6.77. The van der Waals surface area contributed by atoms with Crippen molar-refractivity contribution in [1.82, 2.24) is 4.90 Å². The van der Waals surface area contributed by atoms with E-state index in [1.165, 1.54) is 0 Å². The number of hydrogen-bond acceptors (Lipinski definition) is 5. The van der Waals surface area contributed by atoms with Crippen molar-refractivity contribution < 1.29 is 19.3 Å². The Labute approximate surface area is 120 Å². The summed E-state index contributed by atoms with van der Waals surface area (Å²) in [6, 6.07) is 3.82. The number of methoxy groups -OCH3 is 3. The molecule has 0 amide bonds. The summed E-state index contributed by atoms with van der Waals surface area (Å²) in [5.74, 6) is 2.40. The van der Waals surface area contributed by atoms with Gasteiger partial charge in [0, 0.05) is 29.7 Å². The molecule has 1 heterocycles. The van der Waals surface area contributed by atoms with Crippen molar-refractivity contribution in [1.29, 1.82) is 0 Å². The van der Waals surface area contributed by atoms with Crippen molar-refractivity contribution in [3.8, 4) is 17.2 Å². The van der Waals surface area contributed by atoms with Gasteiger partial charge in [0.2, 0.25) is 0 Å². The molecular weight excluding hydrogens is 258 g/mol. The van der Waals surface area contributed by atoms with Crippen LogP contribution in [0, 0.1) is 0 Å². The van der Waals surface area contributed by atoms with Gasteiger partial charge in [-0.25, -0.2) is 0 Å². The van der Waals surface area contributed by atoms with Crippen LogP contribution in [0.4, 0.5) is 0 Å². The van der Waals surface area contributed by atoms with Crippen LogP contribution in [0.1, 0.15) is 17.9 Å². The van der Waals surface area contributed by atoms with Gasteiger partial charge in [0.15, 0.2) is 0 Å². The van der Waals surface area contributed by atoms with Gasteiger partial charge in [0.1, 0.15) is 17.2 Å². The monoisotopic (exact) mass is 281 g/mol. The molecule has 1 aromatic carbocycles. The Bertz CT molecular complexity index is 438. The highest BCUT2D eigenvalue weighted by Gasteiger charge is 2.36. The zero-order valence-corrected chi connectivity index (χ0v) is 12.5. The van der Waals surface area contributed by atoms with Gasteiger partial charge in [0.05, 0.1) is 27.9 Å². The molecule has 112 valence electrons. The summed E-state index contributed by atoms with van der Waals surface area (Å²) >= 11 is 0. The van der Waals surface area contributed by atoms with Crippen LogP contribution in [0.5, 0.6) is 17.2 Å². The number of rotatable bonds is 5. The van der Waals surface area contributed by atoms with Crippen LogP contribution in [-0.2, 0) is 0 Å². The summed E-state index contributed by atoms with van der Waals surface area (Å²) in [4.78, 5) is 2.17. The number of hydrogen-bond donors (Lipinski definition) is 1. The number of ether oxygens (including phenoxy) is 3. The van der Waals surface area contributed by atoms with Crippen LogP contribution >= 0.6 is 0 Å². The third-order valence-electron chi connectivity index (χ3n) is 4.13. The molecule has 5 nitrogen and oxygen atoms in total. The molecule has 0 aromatic heterocycles. The highest BCUT2D eigenvalue weighted by molar-refractivity contribution is 5.53. The molecule has 0 saturated carbocycles. The third-order valence-corrected chi connectivity index (χ3v) is 4.13. The molecular formula is C15H23NO4. The molecule has 0 radical (unpaired) electrons. The second-order valence-corrected chi connectivity index (χ2v) is 5.07. The molecule has 1 unspecified atom stereocenters. The molecule has 1 saturated heterocycles. The van der Waals surface area contributed by atoms with Crippen molar-refractivity contribution in [3.63, 3.8) is 0 Å². The fourth-order valence-electron chi connectivity index (χ4n) is 3.01. The Morgan fingerprint density at radius 3 is 2.20 bits per heavy atom. The molecule has 1 aliphatic heterocycles. The van der Waals surface area contributed by atoms with Gasteiger partial charge in [0.25, 0.3) is 0 Å². The molecule has 2 rings (SSSR count). The van der Waals surface area contributed by atoms with Gasteiger partial charge in [-0.1, -0.05) is 0 Å². The molecule has 1 aromatic rings. The summed E-state index contributed by atoms with van der Waals surface area (Å²) in [6.07, 6.45) is 0.973. The lowest BCUT2D eigenvalue weighted by atomic mass is 9.90. The summed E-state index contributed by atoms with van der Waals surface area (Å²) < 4.78 is 16.3. The maximum absolute atomic E-state index is 9.65. The normalized spacial score (nSPS) is 22.9. The van der Waals surface area contributed by atoms with Gasteiger partial charge in [-0.15, -0.1) is 0 Å². The lowest BCUT2D eigenvalue weighted by Gasteiger charge is -2.26. The average molecular weight is 281 g/mol. The van der Waals surface area contributed by atoms with Crippen LogP contribution in [-0.4, -0.2) is 57.6 Å². The van der Waals surface area contributed by atoms with Gasteiger partial charge in [-0.05, 0) is 20.0 Å². The van der Waals surface area contributed by atoms with E-state index >= 15 is 0 Å². The highest BCUT2D eigenvalue weighted by Crippen LogP contribution is 2.44. The van der Waals surface area contributed by atoms with Crippen LogP contribution in [0.2, 0.25) is 0 Å². The van der Waals surface area contributed by atoms with Gasteiger partial charge >= 0.3 is 0 Å². The van der Waals surface area contributed by atoms with Gasteiger partial charge < -0.3 is 24.2 Å². The number of likely N-dealkylation sites (tertiary alicyclic amines) is 1. The highest BCUT2D eigenvalue weighted by atomic mass is 16.5. The largest absolute Gasteiger partial charge is 0.496 e. The zero-order chi connectivity index (χ0) is 14.7. The van der Waals surface area contributed by atoms with E-state index in [0.29, 0.717) is 5.75 Å². The zero-order valence-electron chi connectivity index (χ0n) is 12.5. The molecule has 5 heteroatoms. The van der Waals surface area contributed by atoms with E-state index in [1.807, 2.05) is 19.2 Å². The lowest BCUT2D eigenvalue weighted by Crippen LogP contribution is -2.32. The Morgan fingerprint density at radius 1 is 1.15 bits per heavy atom. The first-order chi connectivity index (χ1) is 9.65. The minimum atomic E-state index is 0.0891. The van der Waals surface area contributed by atoms with Crippen molar-refractivity contribution in [3.05, 3.63) is 17.7 Å². The maximum Gasteiger partial charge on any atom is 0.129 e. The fraction of sp³-hybridized carbons (Fsp3) is 0.600. The van der Waals surface area contributed by atoms with Gasteiger partial charge in [-0.3, -0.25) is 0 Å². The predicted octanol–water partition coefficient (Wildman–Crippen LogP) is 1.49. The lowest BCUT2D eigenvalue weighted by molar-refractivity contribution is 0.171. The first-order valence-corrected chi connectivity index (χ1v) is 6.77. The van der Waals surface area contributed by atoms with Crippen molar-refractivity contribution >= 4 is 0 Å². The maximum atomic E-state index is 9.65. The summed E-state index contributed by atoms with van der Waals surface area (Å²) in [7, 11) is 6.94. The van der Waals surface area contributed by atoms with Crippen LogP contribution in [0.25, 0.3) is 0 Å². The van der Waals surface area contributed by atoms with E-state index in [1.54, 1.807) is 21.3 Å². The standard InChI is InChI=1S/C15H23NO4/c1-16-6-5-11(12(16)9-17)15-13(19-3)7-10(18-2)8-14(15)20-4/h7-8,11-12,17H,5-6,9H2,1-4H3/t11?,12-/m0/s1. The van der Waals surface area contributed by atoms with Crippen molar-refractivity contribution in [2.75, 3.05) is 41.5 Å². The van der Waals surface area contributed by atoms with E-state index in [9.17, 15) is 5.11 Å². The SMILES string of the molecule is COc1cc(OC)c(C2CCN(C)[C@H]2CO)c(OC)c1. The topological polar surface area (TPSA) is 51.2 Å². The summed E-state index contributed by atoms with van der Waals surface area (Å²) in [5, 5.41) is 9.65. The Kier molecular flexibility index (Phi) is 4.73. The second-order valence-electron chi connectivity index (χ2n) is 5.07. The summed E-state index contributed by atoms with van der Waals surface area (Å²) in [5.41, 5.74) is 1.01. The molecule has 0 spiro atoms. The minimum Gasteiger partial charge on any atom is -0.496 e. The summed E-state index contributed by atoms with van der Waals surface area (Å²) in [6.45, 7) is 1.08.